The van der Waals surface area contributed by atoms with Crippen LogP contribution in [0.5, 0.6) is 0 Å². The van der Waals surface area contributed by atoms with Crippen LogP contribution in [0.15, 0.2) is 71.3 Å². The molecule has 0 aliphatic heterocycles. The summed E-state index contributed by atoms with van der Waals surface area (Å²) in [5.74, 6) is 10.2. The number of allylic oxidation sites excluding steroid dienone is 6. The molecule has 0 radical (unpaired) electrons. The molecule has 9 fully saturated rings. The monoisotopic (exact) mass is 729 g/mol. The van der Waals surface area contributed by atoms with Gasteiger partial charge in [-0.15, -0.1) is 0 Å². The summed E-state index contributed by atoms with van der Waals surface area (Å²) in [6.45, 7) is 12.8. The molecule has 9 saturated carbocycles. The first-order chi connectivity index (χ1) is 26.5. The maximum absolute atomic E-state index is 2.87. The quantitative estimate of drug-likeness (QED) is 0.269. The van der Waals surface area contributed by atoms with E-state index in [1.54, 1.807) is 39.0 Å². The lowest BCUT2D eigenvalue weighted by atomic mass is 9.48. The van der Waals surface area contributed by atoms with E-state index in [1.165, 1.54) is 103 Å². The second-order valence-corrected chi connectivity index (χ2v) is 24.4. The number of hydrogen-bond donors (Lipinski definition) is 0. The van der Waals surface area contributed by atoms with Gasteiger partial charge >= 0.3 is 0 Å². The maximum Gasteiger partial charge on any atom is 0.0201 e. The van der Waals surface area contributed by atoms with Gasteiger partial charge in [0.15, 0.2) is 0 Å². The highest BCUT2D eigenvalue weighted by molar-refractivity contribution is 5.82. The van der Waals surface area contributed by atoms with Crippen molar-refractivity contribution in [3.63, 3.8) is 0 Å². The van der Waals surface area contributed by atoms with Crippen molar-refractivity contribution in [2.45, 2.75) is 154 Å². The molecule has 13 aliphatic rings. The van der Waals surface area contributed by atoms with E-state index >= 15 is 0 Å². The minimum absolute atomic E-state index is 0.142. The van der Waals surface area contributed by atoms with Crippen molar-refractivity contribution in [1.82, 2.24) is 0 Å². The predicted octanol–water partition coefficient (Wildman–Crippen LogP) is 14.3. The summed E-state index contributed by atoms with van der Waals surface area (Å²) < 4.78 is 0. The van der Waals surface area contributed by atoms with E-state index < -0.39 is 0 Å². The first-order valence-corrected chi connectivity index (χ1v) is 23.9. The van der Waals surface area contributed by atoms with Crippen LogP contribution < -0.4 is 0 Å². The molecule has 0 heteroatoms. The van der Waals surface area contributed by atoms with Gasteiger partial charge in [-0.2, -0.15) is 0 Å². The lowest BCUT2D eigenvalue weighted by Gasteiger charge is -2.57. The van der Waals surface area contributed by atoms with Gasteiger partial charge in [-0.05, 0) is 223 Å². The highest BCUT2D eigenvalue weighted by atomic mass is 14.6. The molecule has 2 aromatic carbocycles. The Bertz CT molecular complexity index is 1920. The largest absolute Gasteiger partial charge is 0.0851 e. The van der Waals surface area contributed by atoms with Crippen LogP contribution in [-0.2, 0) is 10.8 Å². The number of hydrogen-bond acceptors (Lipinski definition) is 0. The molecule has 288 valence electrons. The third-order valence-corrected chi connectivity index (χ3v) is 20.2. The standard InChI is InChI=1S/C55H68/c1-31(2)55(30-49(45-19-32-6-7-39(45)18-32)48-22-42(23-50(48)55)52(3,4)5)51-43-10-8-40(53-24-33-12-34(25-53)14-35(13-33)26-53)20-46(43)47-21-41(9-11-44(47)51)54-27-36-15-37(28-54)17-38(16-36)29-54/h6-11,20-21,23,31-39,45,49,51H,12-19,22,24-30H2,1-5H3. The van der Waals surface area contributed by atoms with E-state index in [0.717, 1.165) is 59.2 Å². The van der Waals surface area contributed by atoms with Gasteiger partial charge < -0.3 is 0 Å². The predicted molar refractivity (Wildman–Crippen MR) is 227 cm³/mol. The van der Waals surface area contributed by atoms with Crippen LogP contribution in [0.4, 0.5) is 0 Å². The van der Waals surface area contributed by atoms with Crippen molar-refractivity contribution in [3.05, 3.63) is 93.6 Å². The van der Waals surface area contributed by atoms with Crippen molar-refractivity contribution in [3.8, 4) is 11.1 Å². The van der Waals surface area contributed by atoms with E-state index in [4.69, 9.17) is 0 Å². The molecule has 0 aromatic heterocycles. The number of fused-ring (bicyclic) bond motifs is 5. The zero-order chi connectivity index (χ0) is 36.8. The fourth-order valence-corrected chi connectivity index (χ4v) is 18.7. The van der Waals surface area contributed by atoms with Crippen LogP contribution in [0.1, 0.15) is 166 Å². The highest BCUT2D eigenvalue weighted by Gasteiger charge is 2.60. The Kier molecular flexibility index (Phi) is 6.74. The van der Waals surface area contributed by atoms with Crippen molar-refractivity contribution in [2.24, 2.45) is 75.9 Å². The van der Waals surface area contributed by atoms with Gasteiger partial charge in [0.05, 0.1) is 0 Å². The Balaban J connectivity index is 0.994. The van der Waals surface area contributed by atoms with Gasteiger partial charge in [-0.3, -0.25) is 0 Å². The van der Waals surface area contributed by atoms with E-state index in [1.807, 2.05) is 11.1 Å². The van der Waals surface area contributed by atoms with Crippen LogP contribution >= 0.6 is 0 Å². The van der Waals surface area contributed by atoms with Crippen LogP contribution in [-0.4, -0.2) is 0 Å². The van der Waals surface area contributed by atoms with E-state index in [0.29, 0.717) is 22.7 Å². The molecule has 5 atom stereocenters. The second-order valence-electron chi connectivity index (χ2n) is 24.4. The molecule has 13 aliphatic carbocycles. The molecule has 0 spiro atoms. The van der Waals surface area contributed by atoms with E-state index in [2.05, 4.69) is 89.2 Å². The minimum Gasteiger partial charge on any atom is -0.0851 e. The SMILES string of the molecule is CC(C)C1(C2c3ccc(C45CC6CC(CC(C6)C4)C5)cc3-c3cc(C45CC6CC(CC(C6)C4)C5)ccc32)CC(C2CC3C=CC2C3)C2=C1C=C(C(C)(C)C)C2. The highest BCUT2D eigenvalue weighted by Crippen LogP contribution is 2.71. The molecule has 5 unspecified atom stereocenters. The lowest BCUT2D eigenvalue weighted by Crippen LogP contribution is -2.48. The summed E-state index contributed by atoms with van der Waals surface area (Å²) in [6, 6.07) is 16.7. The zero-order valence-electron chi connectivity index (χ0n) is 34.9. The molecule has 0 saturated heterocycles. The van der Waals surface area contributed by atoms with Crippen molar-refractivity contribution in [2.75, 3.05) is 0 Å². The molecule has 0 nitrogen and oxygen atoms in total. The van der Waals surface area contributed by atoms with Gasteiger partial charge in [0, 0.05) is 11.3 Å². The van der Waals surface area contributed by atoms with Gasteiger partial charge in [-0.1, -0.05) is 100 Å². The second kappa shape index (κ2) is 11.0. The van der Waals surface area contributed by atoms with E-state index in [-0.39, 0.29) is 10.8 Å². The van der Waals surface area contributed by atoms with Gasteiger partial charge in [0.25, 0.3) is 0 Å². The molecule has 2 aromatic rings. The minimum atomic E-state index is 0.142. The summed E-state index contributed by atoms with van der Waals surface area (Å²) in [5, 5.41) is 0. The topological polar surface area (TPSA) is 0 Å². The molecule has 0 heterocycles. The van der Waals surface area contributed by atoms with Crippen LogP contribution in [0.2, 0.25) is 0 Å². The average Bonchev–Trinajstić information content (AvgIpc) is 3.96. The van der Waals surface area contributed by atoms with Crippen LogP contribution in [0.3, 0.4) is 0 Å². The summed E-state index contributed by atoms with van der Waals surface area (Å²) in [5.41, 5.74) is 16.9. The Hall–Kier alpha value is -2.34. The third-order valence-electron chi connectivity index (χ3n) is 20.2. The average molecular weight is 729 g/mol. The molecule has 0 amide bonds. The molecular weight excluding hydrogens is 661 g/mol. The molecule has 0 N–H and O–H groups in total. The number of benzene rings is 2. The zero-order valence-corrected chi connectivity index (χ0v) is 34.9. The first kappa shape index (κ1) is 33.6. The maximum atomic E-state index is 2.87. The Morgan fingerprint density at radius 3 is 1.53 bits per heavy atom. The summed E-state index contributed by atoms with van der Waals surface area (Å²) in [7, 11) is 0. The van der Waals surface area contributed by atoms with Crippen molar-refractivity contribution >= 4 is 0 Å². The summed E-state index contributed by atoms with van der Waals surface area (Å²) in [6.07, 6.45) is 31.5. The van der Waals surface area contributed by atoms with Crippen LogP contribution in [0, 0.1) is 75.9 Å². The van der Waals surface area contributed by atoms with Crippen molar-refractivity contribution < 1.29 is 0 Å². The lowest BCUT2D eigenvalue weighted by molar-refractivity contribution is -0.00534. The Morgan fingerprint density at radius 2 is 1.11 bits per heavy atom. The third kappa shape index (κ3) is 4.53. The van der Waals surface area contributed by atoms with Crippen molar-refractivity contribution in [1.29, 1.82) is 0 Å². The van der Waals surface area contributed by atoms with Gasteiger partial charge in [0.1, 0.15) is 0 Å². The van der Waals surface area contributed by atoms with Gasteiger partial charge in [0.2, 0.25) is 0 Å². The molecule has 15 rings (SSSR count). The summed E-state index contributed by atoms with van der Waals surface area (Å²) >= 11 is 0. The molecule has 55 heavy (non-hydrogen) atoms. The Labute approximate surface area is 333 Å². The van der Waals surface area contributed by atoms with E-state index in [9.17, 15) is 0 Å². The normalized spacial score (nSPS) is 46.4. The van der Waals surface area contributed by atoms with Gasteiger partial charge in [-0.25, -0.2) is 0 Å². The fourth-order valence-electron chi connectivity index (χ4n) is 18.7. The Morgan fingerprint density at radius 1 is 0.600 bits per heavy atom. The smallest absolute Gasteiger partial charge is 0.0201 e. The number of rotatable bonds is 5. The fraction of sp³-hybridized carbons (Fsp3) is 0.673. The molecule has 10 bridgehead atoms. The van der Waals surface area contributed by atoms with Crippen LogP contribution in [0.25, 0.3) is 11.1 Å². The first-order valence-electron chi connectivity index (χ1n) is 23.9. The molecular formula is C55H68. The summed E-state index contributed by atoms with van der Waals surface area (Å²) in [4.78, 5) is 0.